The molecule has 0 aliphatic heterocycles. The predicted molar refractivity (Wildman–Crippen MR) is 104 cm³/mol. The fraction of sp³-hybridized carbons (Fsp3) is 0.300. The van der Waals surface area contributed by atoms with Gasteiger partial charge in [0.1, 0.15) is 16.2 Å². The summed E-state index contributed by atoms with van der Waals surface area (Å²) in [7, 11) is 0. The van der Waals surface area contributed by atoms with Gasteiger partial charge in [0.15, 0.2) is 0 Å². The van der Waals surface area contributed by atoms with Gasteiger partial charge in [-0.25, -0.2) is 9.97 Å². The summed E-state index contributed by atoms with van der Waals surface area (Å²) < 4.78 is 0. The average molecular weight is 351 g/mol. The van der Waals surface area contributed by atoms with Crippen molar-refractivity contribution in [2.45, 2.75) is 37.6 Å². The molecular weight excluding hydrogens is 332 g/mol. The quantitative estimate of drug-likeness (QED) is 0.365. The highest BCUT2D eigenvalue weighted by molar-refractivity contribution is 7.99. The van der Waals surface area contributed by atoms with Crippen molar-refractivity contribution < 1.29 is 0 Å². The average Bonchev–Trinajstić information content (AvgIpc) is 2.96. The van der Waals surface area contributed by atoms with Crippen LogP contribution in [0.2, 0.25) is 0 Å². The SMILES string of the molecule is C#CCSc1ncnc2sc(C)c(-c3ccc4c(c3)CCCC4)c12. The van der Waals surface area contributed by atoms with Gasteiger partial charge in [-0.1, -0.05) is 35.9 Å². The normalized spacial score (nSPS) is 13.7. The zero-order chi connectivity index (χ0) is 16.5. The van der Waals surface area contributed by atoms with E-state index in [-0.39, 0.29) is 0 Å². The van der Waals surface area contributed by atoms with E-state index in [1.807, 2.05) is 0 Å². The number of thiophene rings is 1. The third kappa shape index (κ3) is 2.72. The van der Waals surface area contributed by atoms with E-state index in [0.717, 1.165) is 15.2 Å². The van der Waals surface area contributed by atoms with Crippen LogP contribution in [0.4, 0.5) is 0 Å². The molecule has 1 aliphatic rings. The topological polar surface area (TPSA) is 25.8 Å². The molecule has 4 heteroatoms. The van der Waals surface area contributed by atoms with Gasteiger partial charge in [-0.3, -0.25) is 0 Å². The van der Waals surface area contributed by atoms with E-state index in [1.54, 1.807) is 29.4 Å². The number of fused-ring (bicyclic) bond motifs is 2. The highest BCUT2D eigenvalue weighted by Gasteiger charge is 2.18. The second kappa shape index (κ2) is 6.58. The van der Waals surface area contributed by atoms with Crippen molar-refractivity contribution >= 4 is 33.3 Å². The Labute approximate surface area is 150 Å². The van der Waals surface area contributed by atoms with E-state index < -0.39 is 0 Å². The lowest BCUT2D eigenvalue weighted by atomic mass is 9.89. The van der Waals surface area contributed by atoms with Gasteiger partial charge in [-0.2, -0.15) is 0 Å². The molecule has 0 N–H and O–H groups in total. The third-order valence-corrected chi connectivity index (χ3v) is 6.47. The van der Waals surface area contributed by atoms with E-state index in [2.05, 4.69) is 41.0 Å². The van der Waals surface area contributed by atoms with Crippen molar-refractivity contribution in [2.24, 2.45) is 0 Å². The van der Waals surface area contributed by atoms with Gasteiger partial charge in [0, 0.05) is 10.4 Å². The first-order valence-electron chi connectivity index (χ1n) is 8.20. The summed E-state index contributed by atoms with van der Waals surface area (Å²) in [4.78, 5) is 11.3. The maximum Gasteiger partial charge on any atom is 0.128 e. The van der Waals surface area contributed by atoms with E-state index in [4.69, 9.17) is 6.42 Å². The largest absolute Gasteiger partial charge is 0.229 e. The first-order chi connectivity index (χ1) is 11.8. The van der Waals surface area contributed by atoms with Crippen molar-refractivity contribution in [2.75, 3.05) is 5.75 Å². The van der Waals surface area contributed by atoms with Gasteiger partial charge in [0.2, 0.25) is 0 Å². The molecule has 1 aliphatic carbocycles. The molecule has 0 fully saturated rings. The van der Waals surface area contributed by atoms with Gasteiger partial charge in [-0.15, -0.1) is 17.8 Å². The molecule has 3 aromatic rings. The van der Waals surface area contributed by atoms with Crippen molar-refractivity contribution in [3.05, 3.63) is 40.5 Å². The van der Waals surface area contributed by atoms with Crippen LogP contribution in [0.1, 0.15) is 28.8 Å². The molecule has 24 heavy (non-hydrogen) atoms. The van der Waals surface area contributed by atoms with E-state index >= 15 is 0 Å². The van der Waals surface area contributed by atoms with Crippen molar-refractivity contribution in [1.29, 1.82) is 0 Å². The molecule has 0 radical (unpaired) electrons. The fourth-order valence-corrected chi connectivity index (χ4v) is 5.24. The molecule has 120 valence electrons. The van der Waals surface area contributed by atoms with Gasteiger partial charge >= 0.3 is 0 Å². The van der Waals surface area contributed by atoms with Crippen LogP contribution in [0, 0.1) is 19.3 Å². The van der Waals surface area contributed by atoms with E-state index in [1.165, 1.54) is 52.8 Å². The molecule has 0 spiro atoms. The Hall–Kier alpha value is -1.83. The van der Waals surface area contributed by atoms with E-state index in [9.17, 15) is 0 Å². The number of thioether (sulfide) groups is 1. The number of nitrogens with zero attached hydrogens (tertiary/aromatic N) is 2. The van der Waals surface area contributed by atoms with Crippen LogP contribution in [-0.4, -0.2) is 15.7 Å². The molecule has 0 saturated heterocycles. The Kier molecular flexibility index (Phi) is 4.30. The minimum atomic E-state index is 0.630. The second-order valence-electron chi connectivity index (χ2n) is 6.08. The first kappa shape index (κ1) is 15.7. The Morgan fingerprint density at radius 2 is 2.04 bits per heavy atom. The Bertz CT molecular complexity index is 950. The van der Waals surface area contributed by atoms with E-state index in [0.29, 0.717) is 5.75 Å². The molecule has 2 aromatic heterocycles. The molecule has 0 atom stereocenters. The smallest absolute Gasteiger partial charge is 0.128 e. The maximum absolute atomic E-state index is 5.44. The molecule has 0 saturated carbocycles. The zero-order valence-corrected chi connectivity index (χ0v) is 15.3. The fourth-order valence-electron chi connectivity index (χ4n) is 3.47. The van der Waals surface area contributed by atoms with Crippen molar-refractivity contribution in [3.63, 3.8) is 0 Å². The Balaban J connectivity index is 1.90. The van der Waals surface area contributed by atoms with Crippen molar-refractivity contribution in [1.82, 2.24) is 9.97 Å². The van der Waals surface area contributed by atoms with Crippen LogP contribution in [0.5, 0.6) is 0 Å². The standard InChI is InChI=1S/C20H18N2S2/c1-3-10-23-19-18-17(13(2)24-20(18)22-12-21-19)16-9-8-14-6-4-5-7-15(14)11-16/h1,8-9,11-12H,4-7,10H2,2H3. The number of hydrogen-bond donors (Lipinski definition) is 0. The number of terminal acetylenes is 1. The minimum Gasteiger partial charge on any atom is -0.229 e. The van der Waals surface area contributed by atoms with Crippen LogP contribution < -0.4 is 0 Å². The van der Waals surface area contributed by atoms with Crippen LogP contribution >= 0.6 is 23.1 Å². The summed E-state index contributed by atoms with van der Waals surface area (Å²) >= 11 is 3.36. The Morgan fingerprint density at radius 3 is 2.88 bits per heavy atom. The second-order valence-corrected chi connectivity index (χ2v) is 8.24. The molecule has 0 bridgehead atoms. The van der Waals surface area contributed by atoms with Crippen LogP contribution in [0.25, 0.3) is 21.3 Å². The summed E-state index contributed by atoms with van der Waals surface area (Å²) in [5.41, 5.74) is 5.59. The molecule has 2 nitrogen and oxygen atoms in total. The van der Waals surface area contributed by atoms with Gasteiger partial charge in [0.25, 0.3) is 0 Å². The monoisotopic (exact) mass is 350 g/mol. The van der Waals surface area contributed by atoms with Crippen LogP contribution in [0.3, 0.4) is 0 Å². The maximum atomic E-state index is 5.44. The van der Waals surface area contributed by atoms with Gasteiger partial charge < -0.3 is 0 Å². The molecule has 1 aromatic carbocycles. The number of aryl methyl sites for hydroxylation is 3. The minimum absolute atomic E-state index is 0.630. The third-order valence-electron chi connectivity index (χ3n) is 4.56. The molecule has 0 unspecified atom stereocenters. The summed E-state index contributed by atoms with van der Waals surface area (Å²) in [5.74, 6) is 3.32. The predicted octanol–water partition coefficient (Wildman–Crippen LogP) is 5.27. The van der Waals surface area contributed by atoms with Crippen LogP contribution in [0.15, 0.2) is 29.6 Å². The van der Waals surface area contributed by atoms with Gasteiger partial charge in [-0.05, 0) is 49.3 Å². The highest BCUT2D eigenvalue weighted by atomic mass is 32.2. The number of aromatic nitrogens is 2. The lowest BCUT2D eigenvalue weighted by molar-refractivity contribution is 0.686. The summed E-state index contributed by atoms with van der Waals surface area (Å²) in [6, 6.07) is 6.96. The van der Waals surface area contributed by atoms with Gasteiger partial charge in [0.05, 0.1) is 11.1 Å². The number of hydrogen-bond acceptors (Lipinski definition) is 4. The van der Waals surface area contributed by atoms with Crippen LogP contribution in [-0.2, 0) is 12.8 Å². The first-order valence-corrected chi connectivity index (χ1v) is 10.0. The lowest BCUT2D eigenvalue weighted by Crippen LogP contribution is -2.02. The Morgan fingerprint density at radius 1 is 1.21 bits per heavy atom. The molecule has 4 rings (SSSR count). The summed E-state index contributed by atoms with van der Waals surface area (Å²) in [5, 5.41) is 2.16. The number of benzene rings is 1. The lowest BCUT2D eigenvalue weighted by Gasteiger charge is -2.17. The molecule has 0 amide bonds. The zero-order valence-electron chi connectivity index (χ0n) is 13.6. The summed E-state index contributed by atoms with van der Waals surface area (Å²) in [6.07, 6.45) is 12.1. The highest BCUT2D eigenvalue weighted by Crippen LogP contribution is 2.42. The van der Waals surface area contributed by atoms with Crippen molar-refractivity contribution in [3.8, 4) is 23.5 Å². The molecular formula is C20H18N2S2. The summed E-state index contributed by atoms with van der Waals surface area (Å²) in [6.45, 7) is 2.18. The molecule has 2 heterocycles. The number of rotatable bonds is 3.